The van der Waals surface area contributed by atoms with Gasteiger partial charge < -0.3 is 15.5 Å². The van der Waals surface area contributed by atoms with Gasteiger partial charge in [0.2, 0.25) is 5.78 Å². The Morgan fingerprint density at radius 2 is 2.06 bits per heavy atom. The molecule has 0 amide bonds. The Balaban J connectivity index is 1.54. The number of hydrogen-bond donors (Lipinski definition) is 3. The Bertz CT molecular complexity index is 1110. The average molecular weight is 428 g/mol. The Morgan fingerprint density at radius 3 is 2.81 bits per heavy atom. The number of nitrogens with one attached hydrogen (secondary N) is 1. The van der Waals surface area contributed by atoms with E-state index in [1.165, 1.54) is 29.5 Å². The number of rotatable bonds is 6. The summed E-state index contributed by atoms with van der Waals surface area (Å²) in [7, 11) is 0. The minimum atomic E-state index is -1.05. The molecular weight excluding hydrogens is 408 g/mol. The Kier molecular flexibility index (Phi) is 5.75. The third kappa shape index (κ3) is 4.30. The third-order valence-corrected chi connectivity index (χ3v) is 5.29. The maximum Gasteiger partial charge on any atom is 0.218 e. The van der Waals surface area contributed by atoms with E-state index in [1.807, 2.05) is 0 Å². The fourth-order valence-corrected chi connectivity index (χ4v) is 3.60. The van der Waals surface area contributed by atoms with Gasteiger partial charge >= 0.3 is 0 Å². The molecule has 1 saturated carbocycles. The van der Waals surface area contributed by atoms with E-state index in [2.05, 4.69) is 27.3 Å². The topological polar surface area (TPSA) is 113 Å². The van der Waals surface area contributed by atoms with Crippen molar-refractivity contribution in [3.05, 3.63) is 78.4 Å². The van der Waals surface area contributed by atoms with Crippen molar-refractivity contribution in [2.45, 2.75) is 31.2 Å². The number of halogens is 2. The Labute approximate surface area is 176 Å². The zero-order valence-electron chi connectivity index (χ0n) is 16.3. The molecule has 1 aromatic carbocycles. The molecule has 0 unspecified atom stereocenters. The van der Waals surface area contributed by atoms with Crippen molar-refractivity contribution in [1.82, 2.24) is 19.7 Å². The summed E-state index contributed by atoms with van der Waals surface area (Å²) < 4.78 is 28.6. The number of benzene rings is 1. The van der Waals surface area contributed by atoms with Crippen LogP contribution >= 0.6 is 0 Å². The number of aromatic nitrogens is 4. The van der Waals surface area contributed by atoms with E-state index in [0.29, 0.717) is 6.42 Å². The summed E-state index contributed by atoms with van der Waals surface area (Å²) in [6.07, 6.45) is 2.43. The van der Waals surface area contributed by atoms with Crippen LogP contribution in [0, 0.1) is 24.5 Å². The summed E-state index contributed by atoms with van der Waals surface area (Å²) in [4.78, 5) is 21.0. The monoisotopic (exact) mass is 428 g/mol. The fraction of sp³-hybridized carbons (Fsp3) is 0.286. The number of anilines is 1. The first-order valence-electron chi connectivity index (χ1n) is 9.61. The highest BCUT2D eigenvalue weighted by molar-refractivity contribution is 6.10. The van der Waals surface area contributed by atoms with Gasteiger partial charge in [0, 0.05) is 18.0 Å². The van der Waals surface area contributed by atoms with Crippen LogP contribution in [-0.2, 0) is 6.54 Å². The van der Waals surface area contributed by atoms with Crippen molar-refractivity contribution in [2.75, 3.05) is 5.32 Å². The van der Waals surface area contributed by atoms with E-state index >= 15 is 0 Å². The number of hydrogen-bond acceptors (Lipinski definition) is 7. The van der Waals surface area contributed by atoms with Crippen molar-refractivity contribution in [1.29, 1.82) is 0 Å². The Hall–Kier alpha value is -3.24. The number of carbonyl (C=O) groups is 1. The lowest BCUT2D eigenvalue weighted by Gasteiger charge is -2.19. The van der Waals surface area contributed by atoms with E-state index in [4.69, 9.17) is 0 Å². The van der Waals surface area contributed by atoms with Crippen molar-refractivity contribution in [3.63, 3.8) is 0 Å². The molecule has 0 saturated heterocycles. The predicted molar refractivity (Wildman–Crippen MR) is 106 cm³/mol. The van der Waals surface area contributed by atoms with Crippen LogP contribution in [0.4, 0.5) is 14.6 Å². The smallest absolute Gasteiger partial charge is 0.218 e. The summed E-state index contributed by atoms with van der Waals surface area (Å²) in [5, 5.41) is 27.2. The Morgan fingerprint density at radius 1 is 1.26 bits per heavy atom. The van der Waals surface area contributed by atoms with E-state index < -0.39 is 35.7 Å². The number of aliphatic hydroxyl groups excluding tert-OH is 2. The first-order valence-corrected chi connectivity index (χ1v) is 9.61. The van der Waals surface area contributed by atoms with Crippen LogP contribution in [0.5, 0.6) is 0 Å². The van der Waals surface area contributed by atoms with Crippen molar-refractivity contribution in [3.8, 4) is 0 Å². The molecule has 1 aliphatic rings. The average Bonchev–Trinajstić information content (AvgIpc) is 3.31. The molecule has 4 rings (SSSR count). The molecule has 1 fully saturated rings. The summed E-state index contributed by atoms with van der Waals surface area (Å²) in [5.41, 5.74) is 0.291. The number of carbonyl (C=O) groups excluding carboxylic acids is 1. The largest absolute Gasteiger partial charge is 0.390 e. The van der Waals surface area contributed by atoms with Crippen LogP contribution in [0.3, 0.4) is 0 Å². The predicted octanol–water partition coefficient (Wildman–Crippen LogP) is 1.59. The molecule has 2 heterocycles. The molecular formula is C21H20F2N5O3. The van der Waals surface area contributed by atoms with Gasteiger partial charge in [0.05, 0.1) is 24.3 Å². The molecule has 0 aliphatic heterocycles. The SMILES string of the molecule is [CH2][C@@H]1C[C@@H](Nc2ncncc2C(=O)c2ccn(Cc3cc(F)ccc3F)n2)[C@H](O)[C@@H]1O. The lowest BCUT2D eigenvalue weighted by molar-refractivity contribution is 0.0256. The van der Waals surface area contributed by atoms with Crippen LogP contribution in [0.25, 0.3) is 0 Å². The van der Waals surface area contributed by atoms with Crippen LogP contribution in [0.2, 0.25) is 0 Å². The van der Waals surface area contributed by atoms with Gasteiger partial charge in [-0.15, -0.1) is 0 Å². The normalized spacial score (nSPS) is 23.1. The molecule has 1 radical (unpaired) electrons. The second kappa shape index (κ2) is 8.48. The third-order valence-electron chi connectivity index (χ3n) is 5.29. The first kappa shape index (κ1) is 21.0. The standard InChI is InChI=1S/C21H20F2N5O3/c1-11-6-17(20(31)18(11)29)26-21-14(8-24-10-25-21)19(30)16-4-5-28(27-16)9-12-7-13(22)2-3-15(12)23/h2-5,7-8,10-11,17-18,20,29,31H,1,6,9H2,(H,24,25,26)/t11-,17-,18-,20+/m1/s1. The maximum absolute atomic E-state index is 13.9. The van der Waals surface area contributed by atoms with Gasteiger partial charge in [-0.3, -0.25) is 9.48 Å². The maximum atomic E-state index is 13.9. The lowest BCUT2D eigenvalue weighted by Crippen LogP contribution is -2.35. The van der Waals surface area contributed by atoms with Crippen LogP contribution in [0.1, 0.15) is 28.0 Å². The zero-order chi connectivity index (χ0) is 22.1. The van der Waals surface area contributed by atoms with Crippen LogP contribution < -0.4 is 5.32 Å². The fourth-order valence-electron chi connectivity index (χ4n) is 3.60. The van der Waals surface area contributed by atoms with Gasteiger partial charge in [-0.1, -0.05) is 0 Å². The molecule has 2 aromatic heterocycles. The highest BCUT2D eigenvalue weighted by Gasteiger charge is 2.39. The summed E-state index contributed by atoms with van der Waals surface area (Å²) in [6, 6.07) is 4.05. The molecule has 0 bridgehead atoms. The second-order valence-corrected chi connectivity index (χ2v) is 7.48. The van der Waals surface area contributed by atoms with Crippen LogP contribution in [0.15, 0.2) is 43.0 Å². The van der Waals surface area contributed by atoms with Crippen molar-refractivity contribution < 1.29 is 23.8 Å². The quantitative estimate of drug-likeness (QED) is 0.511. The van der Waals surface area contributed by atoms with Gasteiger partial charge in [-0.2, -0.15) is 5.10 Å². The molecule has 3 N–H and O–H groups in total. The van der Waals surface area contributed by atoms with Gasteiger partial charge in [-0.05, 0) is 43.5 Å². The number of aliphatic hydroxyl groups is 2. The van der Waals surface area contributed by atoms with Crippen molar-refractivity contribution >= 4 is 11.6 Å². The van der Waals surface area contributed by atoms with E-state index in [1.54, 1.807) is 0 Å². The molecule has 161 valence electrons. The van der Waals surface area contributed by atoms with E-state index in [0.717, 1.165) is 18.2 Å². The first-order chi connectivity index (χ1) is 14.8. The van der Waals surface area contributed by atoms with Crippen LogP contribution in [-0.4, -0.2) is 54.0 Å². The summed E-state index contributed by atoms with van der Waals surface area (Å²) in [5.74, 6) is -1.79. The minimum absolute atomic E-state index is 0.0513. The lowest BCUT2D eigenvalue weighted by atomic mass is 10.1. The van der Waals surface area contributed by atoms with Crippen molar-refractivity contribution in [2.24, 2.45) is 5.92 Å². The molecule has 8 nitrogen and oxygen atoms in total. The van der Waals surface area contributed by atoms with Gasteiger partial charge in [0.15, 0.2) is 0 Å². The highest BCUT2D eigenvalue weighted by atomic mass is 19.1. The second-order valence-electron chi connectivity index (χ2n) is 7.48. The highest BCUT2D eigenvalue weighted by Crippen LogP contribution is 2.29. The number of ketones is 1. The van der Waals surface area contributed by atoms with Gasteiger partial charge in [-0.25, -0.2) is 18.7 Å². The summed E-state index contributed by atoms with van der Waals surface area (Å²) in [6.45, 7) is 3.75. The molecule has 10 heteroatoms. The molecule has 1 aliphatic carbocycles. The molecule has 3 aromatic rings. The molecule has 4 atom stereocenters. The minimum Gasteiger partial charge on any atom is -0.390 e. The van der Waals surface area contributed by atoms with E-state index in [-0.39, 0.29) is 35.1 Å². The number of nitrogens with zero attached hydrogens (tertiary/aromatic N) is 4. The van der Waals surface area contributed by atoms with Gasteiger partial charge in [0.1, 0.15) is 35.6 Å². The van der Waals surface area contributed by atoms with E-state index in [9.17, 15) is 23.8 Å². The van der Waals surface area contributed by atoms with Gasteiger partial charge in [0.25, 0.3) is 0 Å². The molecule has 31 heavy (non-hydrogen) atoms. The summed E-state index contributed by atoms with van der Waals surface area (Å²) >= 11 is 0. The zero-order valence-corrected chi connectivity index (χ0v) is 16.3. The molecule has 0 spiro atoms.